The van der Waals surface area contributed by atoms with Gasteiger partial charge in [0.25, 0.3) is 0 Å². The fraction of sp³-hybridized carbons (Fsp3) is 0.417. The highest BCUT2D eigenvalue weighted by molar-refractivity contribution is 9.10. The van der Waals surface area contributed by atoms with E-state index in [0.717, 1.165) is 0 Å². The van der Waals surface area contributed by atoms with Gasteiger partial charge >= 0.3 is 0 Å². The van der Waals surface area contributed by atoms with Gasteiger partial charge in [0, 0.05) is 0 Å². The second-order valence-electron chi connectivity index (χ2n) is 4.03. The Morgan fingerprint density at radius 1 is 1.40 bits per heavy atom. The van der Waals surface area contributed by atoms with Crippen molar-refractivity contribution in [3.8, 4) is 0 Å². The van der Waals surface area contributed by atoms with Crippen LogP contribution >= 0.6 is 15.9 Å². The SMILES string of the molecule is NC(=O)C(Br)Cc1ccc2c(c1)CCC2. The summed E-state index contributed by atoms with van der Waals surface area (Å²) in [5, 5.41) is 0. The number of amides is 1. The van der Waals surface area contributed by atoms with Crippen molar-refractivity contribution in [2.75, 3.05) is 0 Å². The number of benzene rings is 1. The van der Waals surface area contributed by atoms with Crippen molar-refractivity contribution in [3.05, 3.63) is 34.9 Å². The van der Waals surface area contributed by atoms with E-state index < -0.39 is 0 Å². The first-order valence-electron chi connectivity index (χ1n) is 5.21. The van der Waals surface area contributed by atoms with Crippen LogP contribution in [0.5, 0.6) is 0 Å². The second kappa shape index (κ2) is 4.35. The lowest BCUT2D eigenvalue weighted by atomic mass is 10.0. The van der Waals surface area contributed by atoms with Gasteiger partial charge in [0.15, 0.2) is 0 Å². The maximum absolute atomic E-state index is 10.9. The van der Waals surface area contributed by atoms with Gasteiger partial charge in [0.1, 0.15) is 0 Å². The minimum Gasteiger partial charge on any atom is -0.369 e. The smallest absolute Gasteiger partial charge is 0.231 e. The number of carbonyl (C=O) groups is 1. The molecule has 2 rings (SSSR count). The summed E-state index contributed by atoms with van der Waals surface area (Å²) in [6, 6.07) is 6.49. The number of hydrogen-bond donors (Lipinski definition) is 1. The van der Waals surface area contributed by atoms with E-state index in [1.54, 1.807) is 0 Å². The van der Waals surface area contributed by atoms with E-state index in [4.69, 9.17) is 5.73 Å². The topological polar surface area (TPSA) is 43.1 Å². The Morgan fingerprint density at radius 2 is 2.13 bits per heavy atom. The van der Waals surface area contributed by atoms with Crippen LogP contribution in [0, 0.1) is 0 Å². The molecule has 0 heterocycles. The largest absolute Gasteiger partial charge is 0.369 e. The number of aryl methyl sites for hydroxylation is 2. The summed E-state index contributed by atoms with van der Waals surface area (Å²) in [5.74, 6) is -0.296. The van der Waals surface area contributed by atoms with Crippen LogP contribution in [0.15, 0.2) is 18.2 Å². The first-order chi connectivity index (χ1) is 7.16. The Bertz CT molecular complexity index is 389. The molecule has 80 valence electrons. The number of hydrogen-bond acceptors (Lipinski definition) is 1. The van der Waals surface area contributed by atoms with Crippen LogP contribution in [0.4, 0.5) is 0 Å². The zero-order valence-electron chi connectivity index (χ0n) is 8.50. The Kier molecular flexibility index (Phi) is 3.10. The van der Waals surface area contributed by atoms with E-state index in [9.17, 15) is 4.79 Å². The lowest BCUT2D eigenvalue weighted by molar-refractivity contribution is -0.117. The number of primary amides is 1. The van der Waals surface area contributed by atoms with E-state index in [2.05, 4.69) is 34.1 Å². The number of carbonyl (C=O) groups excluding carboxylic acids is 1. The second-order valence-corrected chi connectivity index (χ2v) is 5.14. The van der Waals surface area contributed by atoms with Crippen LogP contribution in [-0.2, 0) is 24.1 Å². The maximum atomic E-state index is 10.9. The standard InChI is InChI=1S/C12H14BrNO/c13-11(12(14)15)7-8-4-5-9-2-1-3-10(9)6-8/h4-6,11H,1-3,7H2,(H2,14,15). The molecule has 2 nitrogen and oxygen atoms in total. The van der Waals surface area contributed by atoms with Crippen molar-refractivity contribution in [1.29, 1.82) is 0 Å². The van der Waals surface area contributed by atoms with E-state index in [1.165, 1.54) is 36.0 Å². The predicted octanol–water partition coefficient (Wildman–Crippen LogP) is 1.97. The lowest BCUT2D eigenvalue weighted by Crippen LogP contribution is -2.25. The van der Waals surface area contributed by atoms with E-state index in [0.29, 0.717) is 6.42 Å². The third-order valence-electron chi connectivity index (χ3n) is 2.89. The molecule has 1 atom stereocenters. The van der Waals surface area contributed by atoms with Crippen LogP contribution in [0.2, 0.25) is 0 Å². The lowest BCUT2D eigenvalue weighted by Gasteiger charge is -2.07. The third kappa shape index (κ3) is 2.40. The quantitative estimate of drug-likeness (QED) is 0.837. The monoisotopic (exact) mass is 267 g/mol. The molecule has 15 heavy (non-hydrogen) atoms. The molecule has 0 fully saturated rings. The number of alkyl halides is 1. The molecule has 0 aliphatic heterocycles. The molecule has 1 aromatic carbocycles. The fourth-order valence-corrected chi connectivity index (χ4v) is 2.43. The van der Waals surface area contributed by atoms with Gasteiger partial charge in [0.05, 0.1) is 4.83 Å². The van der Waals surface area contributed by atoms with Crippen molar-refractivity contribution >= 4 is 21.8 Å². The highest BCUT2D eigenvalue weighted by Gasteiger charge is 2.14. The first kappa shape index (κ1) is 10.7. The van der Waals surface area contributed by atoms with Gasteiger partial charge in [-0.1, -0.05) is 34.1 Å². The Labute approximate surface area is 98.0 Å². The molecule has 2 N–H and O–H groups in total. The van der Waals surface area contributed by atoms with Crippen molar-refractivity contribution < 1.29 is 4.79 Å². The van der Waals surface area contributed by atoms with E-state index in [1.807, 2.05) is 0 Å². The molecule has 1 aromatic rings. The minimum absolute atomic E-state index is 0.253. The summed E-state index contributed by atoms with van der Waals surface area (Å²) in [7, 11) is 0. The van der Waals surface area contributed by atoms with Gasteiger partial charge in [-0.3, -0.25) is 4.79 Å². The highest BCUT2D eigenvalue weighted by Crippen LogP contribution is 2.23. The highest BCUT2D eigenvalue weighted by atomic mass is 79.9. The zero-order chi connectivity index (χ0) is 10.8. The summed E-state index contributed by atoms with van der Waals surface area (Å²) in [5.41, 5.74) is 9.31. The van der Waals surface area contributed by atoms with E-state index in [-0.39, 0.29) is 10.7 Å². The Balaban J connectivity index is 2.13. The molecule has 3 heteroatoms. The number of fused-ring (bicyclic) bond motifs is 1. The summed E-state index contributed by atoms with van der Waals surface area (Å²) < 4.78 is 0. The van der Waals surface area contributed by atoms with Gasteiger partial charge in [-0.15, -0.1) is 0 Å². The van der Waals surface area contributed by atoms with Gasteiger partial charge < -0.3 is 5.73 Å². The zero-order valence-corrected chi connectivity index (χ0v) is 10.1. The molecule has 0 aromatic heterocycles. The van der Waals surface area contributed by atoms with Crippen molar-refractivity contribution in [2.24, 2.45) is 5.73 Å². The van der Waals surface area contributed by atoms with E-state index >= 15 is 0 Å². The van der Waals surface area contributed by atoms with Gasteiger partial charge in [-0.2, -0.15) is 0 Å². The van der Waals surface area contributed by atoms with Crippen molar-refractivity contribution in [2.45, 2.75) is 30.5 Å². The fourth-order valence-electron chi connectivity index (χ4n) is 2.06. The summed E-state index contributed by atoms with van der Waals surface area (Å²) in [6.07, 6.45) is 4.31. The molecular weight excluding hydrogens is 254 g/mol. The molecule has 1 aliphatic rings. The molecule has 1 amide bonds. The summed E-state index contributed by atoms with van der Waals surface area (Å²) in [4.78, 5) is 10.7. The molecule has 0 bridgehead atoms. The summed E-state index contributed by atoms with van der Waals surface area (Å²) in [6.45, 7) is 0. The maximum Gasteiger partial charge on any atom is 0.231 e. The molecule has 0 saturated carbocycles. The molecule has 1 unspecified atom stereocenters. The van der Waals surface area contributed by atoms with Gasteiger partial charge in [0.2, 0.25) is 5.91 Å². The van der Waals surface area contributed by atoms with Crippen LogP contribution in [0.25, 0.3) is 0 Å². The summed E-state index contributed by atoms with van der Waals surface area (Å²) >= 11 is 3.28. The number of rotatable bonds is 3. The van der Waals surface area contributed by atoms with Gasteiger partial charge in [-0.05, 0) is 42.4 Å². The van der Waals surface area contributed by atoms with Crippen LogP contribution in [0.1, 0.15) is 23.1 Å². The predicted molar refractivity (Wildman–Crippen MR) is 64.1 cm³/mol. The molecular formula is C12H14BrNO. The Hall–Kier alpha value is -0.830. The molecule has 1 aliphatic carbocycles. The third-order valence-corrected chi connectivity index (χ3v) is 3.66. The average molecular weight is 268 g/mol. The molecule has 0 radical (unpaired) electrons. The minimum atomic E-state index is -0.296. The average Bonchev–Trinajstić information content (AvgIpc) is 2.64. The van der Waals surface area contributed by atoms with Crippen molar-refractivity contribution in [1.82, 2.24) is 0 Å². The molecule has 0 saturated heterocycles. The van der Waals surface area contributed by atoms with Crippen LogP contribution < -0.4 is 5.73 Å². The number of halogens is 1. The van der Waals surface area contributed by atoms with Gasteiger partial charge in [-0.25, -0.2) is 0 Å². The van der Waals surface area contributed by atoms with Crippen LogP contribution in [-0.4, -0.2) is 10.7 Å². The Morgan fingerprint density at radius 3 is 2.87 bits per heavy atom. The normalized spacial score (nSPS) is 16.1. The number of nitrogens with two attached hydrogens (primary N) is 1. The van der Waals surface area contributed by atoms with Crippen molar-refractivity contribution in [3.63, 3.8) is 0 Å². The first-order valence-corrected chi connectivity index (χ1v) is 6.12. The van der Waals surface area contributed by atoms with Crippen LogP contribution in [0.3, 0.4) is 0 Å². The molecule has 0 spiro atoms.